The van der Waals surface area contributed by atoms with Gasteiger partial charge in [-0.05, 0) is 31.3 Å². The van der Waals surface area contributed by atoms with Gasteiger partial charge in [0.05, 0.1) is 24.5 Å². The topological polar surface area (TPSA) is 94.8 Å². The van der Waals surface area contributed by atoms with Crippen LogP contribution < -0.4 is 0 Å². The van der Waals surface area contributed by atoms with Crippen LogP contribution >= 0.6 is 0 Å². The van der Waals surface area contributed by atoms with Crippen LogP contribution in [0.1, 0.15) is 57.8 Å². The summed E-state index contributed by atoms with van der Waals surface area (Å²) in [4.78, 5) is 22.6. The van der Waals surface area contributed by atoms with E-state index in [9.17, 15) is 19.8 Å². The quantitative estimate of drug-likeness (QED) is 0.508. The predicted octanol–water partition coefficient (Wildman–Crippen LogP) is 3.42. The van der Waals surface area contributed by atoms with Crippen molar-refractivity contribution in [2.45, 2.75) is 70.0 Å². The number of hydrogen-bond donors (Lipinski definition) is 3. The van der Waals surface area contributed by atoms with E-state index in [4.69, 9.17) is 5.11 Å². The third kappa shape index (κ3) is 7.43. The Bertz CT molecular complexity index is 571. The maximum atomic E-state index is 12.1. The largest absolute Gasteiger partial charge is 0.481 e. The van der Waals surface area contributed by atoms with Gasteiger partial charge in [-0.1, -0.05) is 62.5 Å². The molecule has 3 N–H and O–H groups in total. The van der Waals surface area contributed by atoms with Crippen LogP contribution in [0.25, 0.3) is 0 Å². The Morgan fingerprint density at radius 1 is 1.19 bits per heavy atom. The molecular weight excluding hydrogens is 344 g/mol. The van der Waals surface area contributed by atoms with Gasteiger partial charge in [0.1, 0.15) is 0 Å². The molecule has 2 rings (SSSR count). The highest BCUT2D eigenvalue weighted by Crippen LogP contribution is 2.30. The lowest BCUT2D eigenvalue weighted by molar-refractivity contribution is -0.136. The molecule has 27 heavy (non-hydrogen) atoms. The number of carbonyl (C=O) groups excluding carboxylic acids is 1. The van der Waals surface area contributed by atoms with Crippen molar-refractivity contribution in [3.63, 3.8) is 0 Å². The number of carboxylic acids is 1. The molecule has 1 fully saturated rings. The number of carboxylic acid groups (broad SMARTS) is 1. The van der Waals surface area contributed by atoms with Crippen LogP contribution in [0.4, 0.5) is 0 Å². The second-order valence-electron chi connectivity index (χ2n) is 7.77. The van der Waals surface area contributed by atoms with Gasteiger partial charge in [-0.25, -0.2) is 0 Å². The zero-order chi connectivity index (χ0) is 19.6. The summed E-state index contributed by atoms with van der Waals surface area (Å²) < 4.78 is 0. The molecule has 0 aromatic rings. The number of rotatable bonds is 10. The number of aliphatic carboxylic acids is 1. The fraction of sp³-hybridized carbons (Fsp3) is 0.636. The van der Waals surface area contributed by atoms with Crippen LogP contribution in [-0.4, -0.2) is 39.3 Å². The van der Waals surface area contributed by atoms with Crippen molar-refractivity contribution in [3.8, 4) is 0 Å². The fourth-order valence-electron chi connectivity index (χ4n) is 4.10. The van der Waals surface area contributed by atoms with E-state index in [1.54, 1.807) is 24.3 Å². The van der Waals surface area contributed by atoms with Crippen molar-refractivity contribution in [2.24, 2.45) is 17.8 Å². The molecule has 0 bridgehead atoms. The van der Waals surface area contributed by atoms with Crippen molar-refractivity contribution in [3.05, 3.63) is 36.5 Å². The van der Waals surface area contributed by atoms with Gasteiger partial charge in [-0.15, -0.1) is 0 Å². The fourth-order valence-corrected chi connectivity index (χ4v) is 4.10. The monoisotopic (exact) mass is 376 g/mol. The minimum Gasteiger partial charge on any atom is -0.481 e. The molecule has 0 aromatic heterocycles. The van der Waals surface area contributed by atoms with Crippen LogP contribution in [0.3, 0.4) is 0 Å². The van der Waals surface area contributed by atoms with Gasteiger partial charge in [-0.3, -0.25) is 9.59 Å². The Hall–Kier alpha value is -1.72. The van der Waals surface area contributed by atoms with Crippen LogP contribution in [0, 0.1) is 17.8 Å². The first-order valence-corrected chi connectivity index (χ1v) is 10.1. The lowest BCUT2D eigenvalue weighted by Gasteiger charge is -2.23. The number of allylic oxidation sites excluding steroid dienone is 4. The molecule has 2 aliphatic carbocycles. The van der Waals surface area contributed by atoms with Gasteiger partial charge >= 0.3 is 5.97 Å². The van der Waals surface area contributed by atoms with Crippen molar-refractivity contribution in [1.29, 1.82) is 0 Å². The van der Waals surface area contributed by atoms with E-state index in [1.807, 2.05) is 6.08 Å². The molecule has 0 amide bonds. The highest BCUT2D eigenvalue weighted by atomic mass is 16.4. The van der Waals surface area contributed by atoms with E-state index in [-0.39, 0.29) is 18.1 Å². The highest BCUT2D eigenvalue weighted by Gasteiger charge is 2.34. The van der Waals surface area contributed by atoms with E-state index in [1.165, 1.54) is 38.2 Å². The minimum atomic E-state index is -0.890. The van der Waals surface area contributed by atoms with E-state index < -0.39 is 24.1 Å². The summed E-state index contributed by atoms with van der Waals surface area (Å²) in [5, 5.41) is 29.3. The van der Waals surface area contributed by atoms with Crippen molar-refractivity contribution in [1.82, 2.24) is 0 Å². The molecule has 150 valence electrons. The second-order valence-corrected chi connectivity index (χ2v) is 7.77. The SMILES string of the molecule is O=C(O)C/C=C/CCC(O)C1C(=O)C=CC1/C=C/C(O)CC1CCCCC1. The lowest BCUT2D eigenvalue weighted by atomic mass is 9.84. The van der Waals surface area contributed by atoms with Gasteiger partial charge in [0.15, 0.2) is 5.78 Å². The molecule has 0 saturated heterocycles. The second kappa shape index (κ2) is 11.2. The van der Waals surface area contributed by atoms with Gasteiger partial charge in [-0.2, -0.15) is 0 Å². The molecule has 5 heteroatoms. The van der Waals surface area contributed by atoms with Crippen LogP contribution in [-0.2, 0) is 9.59 Å². The van der Waals surface area contributed by atoms with Crippen LogP contribution in [0.2, 0.25) is 0 Å². The lowest BCUT2D eigenvalue weighted by Crippen LogP contribution is -2.29. The maximum absolute atomic E-state index is 12.1. The Balaban J connectivity index is 1.81. The predicted molar refractivity (Wildman–Crippen MR) is 104 cm³/mol. The molecule has 4 atom stereocenters. The van der Waals surface area contributed by atoms with Crippen LogP contribution in [0.15, 0.2) is 36.5 Å². The first-order chi connectivity index (χ1) is 13.0. The van der Waals surface area contributed by atoms with Crippen molar-refractivity contribution < 1.29 is 24.9 Å². The Kier molecular flexibility index (Phi) is 8.95. The highest BCUT2D eigenvalue weighted by molar-refractivity contribution is 5.95. The molecule has 0 aliphatic heterocycles. The number of aliphatic hydroxyl groups is 2. The van der Waals surface area contributed by atoms with Gasteiger partial charge in [0, 0.05) is 5.92 Å². The molecule has 2 aliphatic rings. The summed E-state index contributed by atoms with van der Waals surface area (Å²) >= 11 is 0. The Morgan fingerprint density at radius 3 is 2.63 bits per heavy atom. The standard InChI is InChI=1S/C22H32O5/c23-18(15-16-7-3-1-4-8-16)13-11-17-12-14-20(25)22(17)19(24)9-5-2-6-10-21(26)27/h2,6,11-14,16-19,22-24H,1,3-5,7-10,15H2,(H,26,27)/b6-2+,13-11+. The summed E-state index contributed by atoms with van der Waals surface area (Å²) in [6, 6.07) is 0. The molecule has 0 spiro atoms. The minimum absolute atomic E-state index is 0.0374. The molecule has 0 heterocycles. The average Bonchev–Trinajstić information content (AvgIpc) is 3.01. The summed E-state index contributed by atoms with van der Waals surface area (Å²) in [5.41, 5.74) is 0. The molecular formula is C22H32O5. The van der Waals surface area contributed by atoms with E-state index >= 15 is 0 Å². The van der Waals surface area contributed by atoms with Gasteiger partial charge < -0.3 is 15.3 Å². The molecule has 1 saturated carbocycles. The molecule has 0 radical (unpaired) electrons. The third-order valence-electron chi connectivity index (χ3n) is 5.58. The number of ketones is 1. The first-order valence-electron chi connectivity index (χ1n) is 10.1. The molecule has 0 aromatic carbocycles. The van der Waals surface area contributed by atoms with Crippen LogP contribution in [0.5, 0.6) is 0 Å². The average molecular weight is 376 g/mol. The van der Waals surface area contributed by atoms with Gasteiger partial charge in [0.25, 0.3) is 0 Å². The third-order valence-corrected chi connectivity index (χ3v) is 5.58. The summed E-state index contributed by atoms with van der Waals surface area (Å²) in [5.74, 6) is -1.11. The van der Waals surface area contributed by atoms with Crippen molar-refractivity contribution in [2.75, 3.05) is 0 Å². The maximum Gasteiger partial charge on any atom is 0.307 e. The summed E-state index contributed by atoms with van der Waals surface area (Å²) in [7, 11) is 0. The van der Waals surface area contributed by atoms with E-state index in [0.29, 0.717) is 18.8 Å². The zero-order valence-corrected chi connectivity index (χ0v) is 15.9. The van der Waals surface area contributed by atoms with Gasteiger partial charge in [0.2, 0.25) is 0 Å². The number of carbonyl (C=O) groups is 2. The number of hydrogen-bond acceptors (Lipinski definition) is 4. The zero-order valence-electron chi connectivity index (χ0n) is 15.9. The molecule has 4 unspecified atom stereocenters. The summed E-state index contributed by atoms with van der Waals surface area (Å²) in [6.45, 7) is 0. The first kappa shape index (κ1) is 21.6. The van der Waals surface area contributed by atoms with E-state index in [2.05, 4.69) is 0 Å². The number of aliphatic hydroxyl groups excluding tert-OH is 2. The summed E-state index contributed by atoms with van der Waals surface area (Å²) in [6.07, 6.45) is 16.7. The van der Waals surface area contributed by atoms with E-state index in [0.717, 1.165) is 6.42 Å². The smallest absolute Gasteiger partial charge is 0.307 e. The molecule has 5 nitrogen and oxygen atoms in total. The normalized spacial score (nSPS) is 26.2. The Labute approximate surface area is 161 Å². The Morgan fingerprint density at radius 2 is 1.93 bits per heavy atom. The van der Waals surface area contributed by atoms with Crippen molar-refractivity contribution >= 4 is 11.8 Å².